The zero-order valence-electron chi connectivity index (χ0n) is 21.6. The van der Waals surface area contributed by atoms with E-state index in [0.717, 1.165) is 10.3 Å². The summed E-state index contributed by atoms with van der Waals surface area (Å²) in [4.78, 5) is 15.7. The molecule has 1 atom stereocenters. The number of hydrogen-bond donors (Lipinski definition) is 1. The van der Waals surface area contributed by atoms with Gasteiger partial charge in [-0.25, -0.2) is 9.78 Å². The van der Waals surface area contributed by atoms with Gasteiger partial charge in [0.1, 0.15) is 11.5 Å². The number of nitrogens with zero attached hydrogens (tertiary/aromatic N) is 1. The molecule has 0 aliphatic heterocycles. The van der Waals surface area contributed by atoms with E-state index in [4.69, 9.17) is 20.7 Å². The predicted molar refractivity (Wildman–Crippen MR) is 120 cm³/mol. The summed E-state index contributed by atoms with van der Waals surface area (Å²) in [6.07, 6.45) is -1.34. The van der Waals surface area contributed by atoms with Gasteiger partial charge in [0.2, 0.25) is 5.89 Å². The average molecular weight is 443 g/mol. The van der Waals surface area contributed by atoms with E-state index in [9.17, 15) is 9.90 Å². The molecule has 0 bridgehead atoms. The molecule has 160 valence electrons. The Balaban J connectivity index is 1.62. The minimum Gasteiger partial charge on any atom is -0.493 e. The Hall–Kier alpha value is -3.16. The standard InChI is InChI=1S/C24H23NO5S/c1-15-19(25-23(30-15)16-6-4-3-5-7-16)10-12-29-20-9-8-17(14-21(28-2)24(26)27)22-18(20)11-13-31-22/h3-9,11,13,21H,10,12,14H2,1-2H3,(H,26,27)/t21-/m0/s1/i1D3,12D2. The highest BCUT2D eigenvalue weighted by molar-refractivity contribution is 7.17. The molecule has 4 aromatic rings. The Morgan fingerprint density at radius 3 is 2.87 bits per heavy atom. The van der Waals surface area contributed by atoms with E-state index in [2.05, 4.69) is 4.98 Å². The van der Waals surface area contributed by atoms with Crippen molar-refractivity contribution in [2.24, 2.45) is 0 Å². The number of carboxylic acids is 1. The quantitative estimate of drug-likeness (QED) is 0.387. The van der Waals surface area contributed by atoms with Gasteiger partial charge in [0.25, 0.3) is 0 Å². The number of fused-ring (bicyclic) bond motifs is 1. The van der Waals surface area contributed by atoms with Crippen LogP contribution in [0, 0.1) is 6.85 Å². The fourth-order valence-electron chi connectivity index (χ4n) is 3.17. The highest BCUT2D eigenvalue weighted by atomic mass is 32.1. The molecule has 0 aliphatic carbocycles. The molecule has 0 saturated heterocycles. The molecule has 2 heterocycles. The maximum atomic E-state index is 11.4. The molecule has 0 spiro atoms. The maximum Gasteiger partial charge on any atom is 0.333 e. The number of benzene rings is 2. The van der Waals surface area contributed by atoms with Gasteiger partial charge in [0, 0.05) is 39.7 Å². The Morgan fingerprint density at radius 2 is 2.13 bits per heavy atom. The van der Waals surface area contributed by atoms with E-state index >= 15 is 0 Å². The largest absolute Gasteiger partial charge is 0.493 e. The third kappa shape index (κ3) is 4.62. The van der Waals surface area contributed by atoms with E-state index in [0.29, 0.717) is 10.9 Å². The number of carbonyl (C=O) groups is 1. The van der Waals surface area contributed by atoms with Crippen molar-refractivity contribution in [1.82, 2.24) is 4.98 Å². The number of aliphatic carboxylic acids is 1. The molecule has 31 heavy (non-hydrogen) atoms. The number of aryl methyl sites for hydroxylation is 2. The minimum atomic E-state index is -2.63. The molecule has 1 N–H and O–H groups in total. The highest BCUT2D eigenvalue weighted by Gasteiger charge is 2.19. The predicted octanol–water partition coefficient (Wildman–Crippen LogP) is 5.13. The number of ether oxygens (including phenoxy) is 2. The van der Waals surface area contributed by atoms with Gasteiger partial charge in [-0.3, -0.25) is 0 Å². The van der Waals surface area contributed by atoms with Crippen molar-refractivity contribution < 1.29 is 30.6 Å². The number of aromatic nitrogens is 1. The van der Waals surface area contributed by atoms with Crippen LogP contribution in [0.4, 0.5) is 0 Å². The van der Waals surface area contributed by atoms with Crippen LogP contribution in [0.25, 0.3) is 21.5 Å². The lowest BCUT2D eigenvalue weighted by molar-refractivity contribution is -0.148. The fraction of sp³-hybridized carbons (Fsp3) is 0.250. The second-order valence-electron chi connectivity index (χ2n) is 6.74. The summed E-state index contributed by atoms with van der Waals surface area (Å²) < 4.78 is 57.5. The van der Waals surface area contributed by atoms with Crippen molar-refractivity contribution >= 4 is 27.4 Å². The lowest BCUT2D eigenvalue weighted by atomic mass is 10.1. The second kappa shape index (κ2) is 9.32. The van der Waals surface area contributed by atoms with E-state index in [-0.39, 0.29) is 29.5 Å². The van der Waals surface area contributed by atoms with E-state index in [1.807, 2.05) is 0 Å². The molecular formula is C24H23NO5S. The number of oxazole rings is 1. The van der Waals surface area contributed by atoms with E-state index in [1.54, 1.807) is 53.9 Å². The molecule has 0 saturated carbocycles. The number of hydrogen-bond acceptors (Lipinski definition) is 6. The molecule has 2 aromatic carbocycles. The van der Waals surface area contributed by atoms with Gasteiger partial charge in [0.15, 0.2) is 6.10 Å². The topological polar surface area (TPSA) is 81.8 Å². The first-order chi connectivity index (χ1) is 17.0. The number of rotatable bonds is 9. The Bertz CT molecular complexity index is 1370. The Kier molecular flexibility index (Phi) is 4.70. The van der Waals surface area contributed by atoms with Crippen molar-refractivity contribution in [2.45, 2.75) is 25.8 Å². The smallest absolute Gasteiger partial charge is 0.333 e. The number of thiophene rings is 1. The third-order valence-electron chi connectivity index (χ3n) is 4.76. The van der Waals surface area contributed by atoms with Crippen molar-refractivity contribution in [3.05, 3.63) is 70.9 Å². The first kappa shape index (κ1) is 15.6. The van der Waals surface area contributed by atoms with Gasteiger partial charge in [-0.15, -0.1) is 11.3 Å². The van der Waals surface area contributed by atoms with Gasteiger partial charge in [0.05, 0.1) is 15.0 Å². The summed E-state index contributed by atoms with van der Waals surface area (Å²) in [6, 6.07) is 13.8. The van der Waals surface area contributed by atoms with Crippen LogP contribution in [-0.2, 0) is 22.4 Å². The van der Waals surface area contributed by atoms with Crippen molar-refractivity contribution in [1.29, 1.82) is 0 Å². The monoisotopic (exact) mass is 442 g/mol. The van der Waals surface area contributed by atoms with Gasteiger partial charge in [-0.1, -0.05) is 24.3 Å². The molecule has 2 aromatic heterocycles. The summed E-state index contributed by atoms with van der Waals surface area (Å²) in [5, 5.41) is 11.7. The number of carboxylic acid groups (broad SMARTS) is 1. The van der Waals surface area contributed by atoms with Gasteiger partial charge < -0.3 is 19.0 Å². The number of methoxy groups -OCH3 is 1. The second-order valence-corrected chi connectivity index (χ2v) is 7.65. The van der Waals surface area contributed by atoms with Crippen LogP contribution in [0.1, 0.15) is 23.9 Å². The van der Waals surface area contributed by atoms with Gasteiger partial charge in [-0.05, 0) is 42.1 Å². The molecule has 0 fully saturated rings. The fourth-order valence-corrected chi connectivity index (χ4v) is 4.11. The van der Waals surface area contributed by atoms with Gasteiger partial charge in [-0.2, -0.15) is 0 Å². The first-order valence-electron chi connectivity index (χ1n) is 12.0. The van der Waals surface area contributed by atoms with Crippen molar-refractivity contribution in [3.8, 4) is 17.2 Å². The SMILES string of the molecule is [2H]C([2H])(Cc1nc(-c2ccccc2)oc1C([2H])([2H])[2H])Oc1ccc(C[C@H](OC)C(=O)O)c2sccc12. The van der Waals surface area contributed by atoms with Crippen LogP contribution >= 0.6 is 11.3 Å². The Labute approximate surface area is 191 Å². The highest BCUT2D eigenvalue weighted by Crippen LogP contribution is 2.34. The van der Waals surface area contributed by atoms with E-state index in [1.165, 1.54) is 18.4 Å². The van der Waals surface area contributed by atoms with Crippen LogP contribution in [-0.4, -0.2) is 35.8 Å². The zero-order valence-corrected chi connectivity index (χ0v) is 17.4. The van der Waals surface area contributed by atoms with Crippen LogP contribution in [0.3, 0.4) is 0 Å². The molecule has 6 nitrogen and oxygen atoms in total. The average Bonchev–Trinajstić information content (AvgIpc) is 3.46. The summed E-state index contributed by atoms with van der Waals surface area (Å²) in [7, 11) is 1.33. The first-order valence-corrected chi connectivity index (χ1v) is 10.4. The lowest BCUT2D eigenvalue weighted by Crippen LogP contribution is -2.24. The van der Waals surface area contributed by atoms with Gasteiger partial charge >= 0.3 is 5.97 Å². The molecular weight excluding hydrogens is 414 g/mol. The minimum absolute atomic E-state index is 0.0542. The molecule has 0 amide bonds. The Morgan fingerprint density at radius 1 is 1.29 bits per heavy atom. The molecule has 0 radical (unpaired) electrons. The van der Waals surface area contributed by atoms with Crippen LogP contribution < -0.4 is 4.74 Å². The summed E-state index contributed by atoms with van der Waals surface area (Å²) in [6.45, 7) is -4.95. The third-order valence-corrected chi connectivity index (χ3v) is 5.75. The van der Waals surface area contributed by atoms with Crippen LogP contribution in [0.5, 0.6) is 5.75 Å². The van der Waals surface area contributed by atoms with Crippen LogP contribution in [0.15, 0.2) is 58.3 Å². The van der Waals surface area contributed by atoms with E-state index < -0.39 is 31.9 Å². The maximum absolute atomic E-state index is 11.4. The molecule has 4 rings (SSSR count). The molecule has 7 heteroatoms. The molecule has 0 unspecified atom stereocenters. The van der Waals surface area contributed by atoms with Crippen LogP contribution in [0.2, 0.25) is 0 Å². The van der Waals surface area contributed by atoms with Crippen molar-refractivity contribution in [3.63, 3.8) is 0 Å². The van der Waals surface area contributed by atoms with Crippen molar-refractivity contribution in [2.75, 3.05) is 13.7 Å². The summed E-state index contributed by atoms with van der Waals surface area (Å²) in [5.41, 5.74) is 1.25. The summed E-state index contributed by atoms with van der Waals surface area (Å²) in [5.74, 6) is -1.13. The summed E-state index contributed by atoms with van der Waals surface area (Å²) >= 11 is 1.38. The zero-order chi connectivity index (χ0) is 26.1. The molecule has 0 aliphatic rings. The lowest BCUT2D eigenvalue weighted by Gasteiger charge is -2.13. The normalized spacial score (nSPS) is 15.5.